The molecule has 1 fully saturated rings. The molecule has 1 aliphatic carbocycles. The summed E-state index contributed by atoms with van der Waals surface area (Å²) in [5.41, 5.74) is 9.22. The van der Waals surface area contributed by atoms with E-state index in [1.165, 1.54) is 11.1 Å². The Bertz CT molecular complexity index is 693. The van der Waals surface area contributed by atoms with Gasteiger partial charge in [-0.1, -0.05) is 48.7 Å². The maximum Gasteiger partial charge on any atom is 0.252 e. The van der Waals surface area contributed by atoms with Gasteiger partial charge in [-0.25, -0.2) is 0 Å². The number of nitrogens with one attached hydrogen (secondary N) is 1. The minimum atomic E-state index is -0.242. The molecule has 2 aromatic rings. The van der Waals surface area contributed by atoms with Crippen molar-refractivity contribution in [1.82, 2.24) is 5.32 Å². The lowest BCUT2D eigenvalue weighted by Gasteiger charge is -2.31. The van der Waals surface area contributed by atoms with E-state index in [0.29, 0.717) is 11.3 Å². The van der Waals surface area contributed by atoms with E-state index in [0.717, 1.165) is 25.7 Å². The topological polar surface area (TPSA) is 55.1 Å². The maximum atomic E-state index is 12.6. The van der Waals surface area contributed by atoms with Crippen molar-refractivity contribution >= 4 is 24.0 Å². The van der Waals surface area contributed by atoms with E-state index in [4.69, 9.17) is 5.73 Å². The second-order valence-corrected chi connectivity index (χ2v) is 6.24. The molecule has 3 rings (SSSR count). The van der Waals surface area contributed by atoms with Crippen LogP contribution in [0.15, 0.2) is 48.5 Å². The number of benzene rings is 2. The molecule has 1 aliphatic rings. The molecule has 0 saturated heterocycles. The molecular formula is C19H23ClN2O. The van der Waals surface area contributed by atoms with Crippen LogP contribution in [0.25, 0.3) is 0 Å². The molecule has 1 saturated carbocycles. The molecule has 0 radical (unpaired) electrons. The summed E-state index contributed by atoms with van der Waals surface area (Å²) in [6.07, 6.45) is 4.27. The Morgan fingerprint density at radius 1 is 1.09 bits per heavy atom. The van der Waals surface area contributed by atoms with Crippen LogP contribution in [-0.4, -0.2) is 5.91 Å². The fourth-order valence-corrected chi connectivity index (χ4v) is 3.38. The van der Waals surface area contributed by atoms with Crippen molar-refractivity contribution in [3.63, 3.8) is 0 Å². The summed E-state index contributed by atoms with van der Waals surface area (Å²) < 4.78 is 0. The van der Waals surface area contributed by atoms with Gasteiger partial charge in [0.2, 0.25) is 0 Å². The number of hydrogen-bond acceptors (Lipinski definition) is 2. The van der Waals surface area contributed by atoms with Crippen molar-refractivity contribution < 1.29 is 4.79 Å². The average molecular weight is 331 g/mol. The highest BCUT2D eigenvalue weighted by Gasteiger charge is 2.37. The van der Waals surface area contributed by atoms with Gasteiger partial charge < -0.3 is 11.1 Å². The van der Waals surface area contributed by atoms with Crippen LogP contribution in [0, 0.1) is 6.92 Å². The largest absolute Gasteiger partial charge is 0.399 e. The fourth-order valence-electron chi connectivity index (χ4n) is 3.38. The van der Waals surface area contributed by atoms with Crippen LogP contribution in [0.4, 0.5) is 5.69 Å². The lowest BCUT2D eigenvalue weighted by molar-refractivity contribution is 0.0898. The van der Waals surface area contributed by atoms with Gasteiger partial charge in [0.1, 0.15) is 0 Å². The molecule has 0 heterocycles. The zero-order chi connectivity index (χ0) is 15.6. The van der Waals surface area contributed by atoms with Crippen molar-refractivity contribution in [2.75, 3.05) is 5.73 Å². The first-order valence-electron chi connectivity index (χ1n) is 7.84. The number of halogens is 1. The van der Waals surface area contributed by atoms with E-state index in [1.807, 2.05) is 12.1 Å². The zero-order valence-electron chi connectivity index (χ0n) is 13.3. The highest BCUT2D eigenvalue weighted by molar-refractivity contribution is 5.95. The van der Waals surface area contributed by atoms with Gasteiger partial charge in [0.15, 0.2) is 0 Å². The van der Waals surface area contributed by atoms with Crippen molar-refractivity contribution in [3.05, 3.63) is 65.2 Å². The quantitative estimate of drug-likeness (QED) is 0.829. The van der Waals surface area contributed by atoms with E-state index in [-0.39, 0.29) is 23.9 Å². The molecule has 122 valence electrons. The van der Waals surface area contributed by atoms with E-state index in [9.17, 15) is 4.79 Å². The van der Waals surface area contributed by atoms with Gasteiger partial charge in [-0.2, -0.15) is 0 Å². The van der Waals surface area contributed by atoms with Gasteiger partial charge in [0.25, 0.3) is 5.91 Å². The number of rotatable bonds is 3. The van der Waals surface area contributed by atoms with E-state index >= 15 is 0 Å². The summed E-state index contributed by atoms with van der Waals surface area (Å²) in [7, 11) is 0. The van der Waals surface area contributed by atoms with Gasteiger partial charge in [-0.05, 0) is 43.5 Å². The van der Waals surface area contributed by atoms with Crippen molar-refractivity contribution in [3.8, 4) is 0 Å². The van der Waals surface area contributed by atoms with Crippen LogP contribution >= 0.6 is 12.4 Å². The Labute approximate surface area is 143 Å². The van der Waals surface area contributed by atoms with Crippen LogP contribution in [0.2, 0.25) is 0 Å². The lowest BCUT2D eigenvalue weighted by atomic mass is 9.87. The molecule has 4 heteroatoms. The van der Waals surface area contributed by atoms with Crippen molar-refractivity contribution in [1.29, 1.82) is 0 Å². The average Bonchev–Trinajstić information content (AvgIpc) is 2.97. The Hall–Kier alpha value is -2.00. The minimum Gasteiger partial charge on any atom is -0.399 e. The van der Waals surface area contributed by atoms with Gasteiger partial charge in [-0.15, -0.1) is 12.4 Å². The number of amides is 1. The Balaban J connectivity index is 0.00000192. The number of carbonyl (C=O) groups is 1. The molecule has 0 spiro atoms. The van der Waals surface area contributed by atoms with E-state index < -0.39 is 0 Å². The maximum absolute atomic E-state index is 12.6. The van der Waals surface area contributed by atoms with Crippen LogP contribution in [-0.2, 0) is 5.54 Å². The summed E-state index contributed by atoms with van der Waals surface area (Å²) >= 11 is 0. The van der Waals surface area contributed by atoms with Crippen LogP contribution in [0.5, 0.6) is 0 Å². The normalized spacial score (nSPS) is 15.7. The summed E-state index contributed by atoms with van der Waals surface area (Å²) in [4.78, 5) is 12.6. The molecule has 3 nitrogen and oxygen atoms in total. The Morgan fingerprint density at radius 3 is 2.43 bits per heavy atom. The van der Waals surface area contributed by atoms with Gasteiger partial charge in [0, 0.05) is 11.3 Å². The minimum absolute atomic E-state index is 0. The smallest absolute Gasteiger partial charge is 0.252 e. The summed E-state index contributed by atoms with van der Waals surface area (Å²) in [6, 6.07) is 15.6. The number of hydrogen-bond donors (Lipinski definition) is 2. The molecular weight excluding hydrogens is 308 g/mol. The second-order valence-electron chi connectivity index (χ2n) is 6.24. The fraction of sp³-hybridized carbons (Fsp3) is 0.316. The Kier molecular flexibility index (Phi) is 5.32. The first kappa shape index (κ1) is 17.4. The number of aryl methyl sites for hydroxylation is 1. The molecule has 2 aromatic carbocycles. The zero-order valence-corrected chi connectivity index (χ0v) is 14.2. The number of anilines is 1. The number of nitrogens with two attached hydrogens (primary N) is 1. The van der Waals surface area contributed by atoms with E-state index in [1.54, 1.807) is 12.1 Å². The predicted molar refractivity (Wildman–Crippen MR) is 96.9 cm³/mol. The molecule has 0 aromatic heterocycles. The standard InChI is InChI=1S/C19H22N2O.ClH/c1-14-6-4-8-16(12-14)19(10-2-3-11-19)21-18(22)15-7-5-9-17(20)13-15;/h4-9,12-13H,2-3,10-11,20H2,1H3,(H,21,22);1H. The first-order chi connectivity index (χ1) is 10.6. The monoisotopic (exact) mass is 330 g/mol. The van der Waals surface area contributed by atoms with Crippen LogP contribution in [0.1, 0.15) is 47.2 Å². The molecule has 0 atom stereocenters. The number of nitrogen functional groups attached to an aromatic ring is 1. The summed E-state index contributed by atoms with van der Waals surface area (Å²) in [5.74, 6) is -0.0456. The van der Waals surface area contributed by atoms with Crippen molar-refractivity contribution in [2.24, 2.45) is 0 Å². The molecule has 0 aliphatic heterocycles. The Morgan fingerprint density at radius 2 is 1.78 bits per heavy atom. The SMILES string of the molecule is Cc1cccc(C2(NC(=O)c3cccc(N)c3)CCCC2)c1.Cl. The first-order valence-corrected chi connectivity index (χ1v) is 7.84. The van der Waals surface area contributed by atoms with Crippen molar-refractivity contribution in [2.45, 2.75) is 38.1 Å². The molecule has 0 bridgehead atoms. The molecule has 0 unspecified atom stereocenters. The third-order valence-electron chi connectivity index (χ3n) is 4.53. The second kappa shape index (κ2) is 7.05. The van der Waals surface area contributed by atoms with Gasteiger partial charge in [0.05, 0.1) is 5.54 Å². The van der Waals surface area contributed by atoms with Crippen LogP contribution in [0.3, 0.4) is 0 Å². The summed E-state index contributed by atoms with van der Waals surface area (Å²) in [6.45, 7) is 2.09. The number of carbonyl (C=O) groups excluding carboxylic acids is 1. The predicted octanol–water partition coefficient (Wildman–Crippen LogP) is 4.20. The lowest BCUT2D eigenvalue weighted by Crippen LogP contribution is -2.43. The molecule has 1 amide bonds. The molecule has 23 heavy (non-hydrogen) atoms. The summed E-state index contributed by atoms with van der Waals surface area (Å²) in [5, 5.41) is 3.28. The third-order valence-corrected chi connectivity index (χ3v) is 4.53. The van der Waals surface area contributed by atoms with Gasteiger partial charge >= 0.3 is 0 Å². The molecule has 3 N–H and O–H groups in total. The van der Waals surface area contributed by atoms with Crippen LogP contribution < -0.4 is 11.1 Å². The third kappa shape index (κ3) is 3.67. The highest BCUT2D eigenvalue weighted by Crippen LogP contribution is 2.39. The van der Waals surface area contributed by atoms with Gasteiger partial charge in [-0.3, -0.25) is 4.79 Å². The highest BCUT2D eigenvalue weighted by atomic mass is 35.5. The van der Waals surface area contributed by atoms with E-state index in [2.05, 4.69) is 36.5 Å².